The van der Waals surface area contributed by atoms with E-state index >= 15 is 0 Å². The number of benzene rings is 1. The molecule has 37 heavy (non-hydrogen) atoms. The number of rotatable bonds is 4. The number of carbonyl (C=O) groups excluding carboxylic acids is 2. The molecule has 0 aliphatic carbocycles. The lowest BCUT2D eigenvalue weighted by molar-refractivity contribution is -0.136. The van der Waals surface area contributed by atoms with E-state index in [9.17, 15) is 19.2 Å². The highest BCUT2D eigenvalue weighted by molar-refractivity contribution is 5.80. The molecule has 2 amide bonds. The van der Waals surface area contributed by atoms with Crippen LogP contribution in [-0.2, 0) is 36.0 Å². The van der Waals surface area contributed by atoms with Crippen molar-refractivity contribution in [3.8, 4) is 11.1 Å². The second-order valence-electron chi connectivity index (χ2n) is 9.90. The zero-order valence-corrected chi connectivity index (χ0v) is 21.2. The molecule has 0 N–H and O–H groups in total. The number of piperidine rings is 1. The van der Waals surface area contributed by atoms with Gasteiger partial charge < -0.3 is 9.80 Å². The van der Waals surface area contributed by atoms with E-state index in [-0.39, 0.29) is 24.4 Å². The Morgan fingerprint density at radius 2 is 1.73 bits per heavy atom. The standard InChI is InChI=1S/C28H31N5O4/c1-19-7-11-29-16-23(19)24-17-32(28(37)30(2)27(24)36)18-26(35)31-12-9-22(10-13-31)33-14-8-20-5-3-4-6-21(20)15-25(33)34/h3-7,11,16-17,22H,8-10,12-15,18H2,1-2H3. The zero-order chi connectivity index (χ0) is 26.1. The molecule has 1 fully saturated rings. The third-order valence-electron chi connectivity index (χ3n) is 7.65. The van der Waals surface area contributed by atoms with Gasteiger partial charge in [0, 0.05) is 56.9 Å². The molecule has 9 heteroatoms. The second kappa shape index (κ2) is 10.2. The maximum Gasteiger partial charge on any atom is 0.331 e. The molecule has 0 radical (unpaired) electrons. The van der Waals surface area contributed by atoms with Crippen LogP contribution in [0.3, 0.4) is 0 Å². The molecule has 3 aromatic rings. The molecular weight excluding hydrogens is 470 g/mol. The van der Waals surface area contributed by atoms with Crippen LogP contribution in [0.5, 0.6) is 0 Å². The fraction of sp³-hybridized carbons (Fsp3) is 0.393. The lowest BCUT2D eigenvalue weighted by Crippen LogP contribution is -2.50. The summed E-state index contributed by atoms with van der Waals surface area (Å²) in [5, 5.41) is 0. The number of hydrogen-bond acceptors (Lipinski definition) is 5. The Kier molecular flexibility index (Phi) is 6.78. The van der Waals surface area contributed by atoms with Crippen LogP contribution in [0.4, 0.5) is 0 Å². The van der Waals surface area contributed by atoms with Crippen LogP contribution in [-0.4, -0.2) is 61.4 Å². The van der Waals surface area contributed by atoms with Crippen molar-refractivity contribution >= 4 is 11.8 Å². The number of likely N-dealkylation sites (tertiary alicyclic amines) is 1. The van der Waals surface area contributed by atoms with E-state index in [0.717, 1.165) is 22.1 Å². The zero-order valence-electron chi connectivity index (χ0n) is 21.2. The predicted octanol–water partition coefficient (Wildman–Crippen LogP) is 1.54. The summed E-state index contributed by atoms with van der Waals surface area (Å²) < 4.78 is 2.33. The molecule has 0 bridgehead atoms. The summed E-state index contributed by atoms with van der Waals surface area (Å²) in [5.74, 6) is -0.0349. The van der Waals surface area contributed by atoms with E-state index in [4.69, 9.17) is 0 Å². The van der Waals surface area contributed by atoms with Gasteiger partial charge in [0.2, 0.25) is 11.8 Å². The molecule has 0 atom stereocenters. The Morgan fingerprint density at radius 1 is 1.00 bits per heavy atom. The van der Waals surface area contributed by atoms with Gasteiger partial charge in [0.15, 0.2) is 0 Å². The predicted molar refractivity (Wildman–Crippen MR) is 139 cm³/mol. The third-order valence-corrected chi connectivity index (χ3v) is 7.65. The normalized spacial score (nSPS) is 16.4. The van der Waals surface area contributed by atoms with Gasteiger partial charge >= 0.3 is 5.69 Å². The maximum absolute atomic E-state index is 13.2. The Hall–Kier alpha value is -4.01. The summed E-state index contributed by atoms with van der Waals surface area (Å²) in [6.07, 6.45) is 7.37. The largest absolute Gasteiger partial charge is 0.341 e. The van der Waals surface area contributed by atoms with Gasteiger partial charge in [-0.3, -0.25) is 28.5 Å². The summed E-state index contributed by atoms with van der Waals surface area (Å²) in [7, 11) is 1.42. The van der Waals surface area contributed by atoms with Gasteiger partial charge in [-0.2, -0.15) is 0 Å². The lowest BCUT2D eigenvalue weighted by Gasteiger charge is -2.38. The van der Waals surface area contributed by atoms with Crippen molar-refractivity contribution in [3.63, 3.8) is 0 Å². The number of aromatic nitrogens is 3. The first-order valence-corrected chi connectivity index (χ1v) is 12.7. The maximum atomic E-state index is 13.2. The van der Waals surface area contributed by atoms with E-state index in [1.807, 2.05) is 30.0 Å². The van der Waals surface area contributed by atoms with Crippen molar-refractivity contribution in [1.82, 2.24) is 23.9 Å². The van der Waals surface area contributed by atoms with Gasteiger partial charge in [0.25, 0.3) is 5.56 Å². The van der Waals surface area contributed by atoms with Gasteiger partial charge in [0.1, 0.15) is 6.54 Å². The molecule has 1 aromatic carbocycles. The second-order valence-corrected chi connectivity index (χ2v) is 9.90. The number of aryl methyl sites for hydroxylation is 1. The van der Waals surface area contributed by atoms with Gasteiger partial charge in [0.05, 0.1) is 12.0 Å². The molecule has 2 aromatic heterocycles. The van der Waals surface area contributed by atoms with E-state index in [1.54, 1.807) is 23.4 Å². The molecule has 1 saturated heterocycles. The van der Waals surface area contributed by atoms with Crippen LogP contribution in [0.25, 0.3) is 11.1 Å². The Bertz CT molecular complexity index is 1470. The molecule has 2 aliphatic rings. The van der Waals surface area contributed by atoms with Crippen LogP contribution in [0, 0.1) is 6.92 Å². The summed E-state index contributed by atoms with van der Waals surface area (Å²) in [6.45, 7) is 3.46. The fourth-order valence-electron chi connectivity index (χ4n) is 5.43. The van der Waals surface area contributed by atoms with Gasteiger partial charge in [-0.05, 0) is 48.9 Å². The van der Waals surface area contributed by atoms with Crippen LogP contribution in [0.2, 0.25) is 0 Å². The van der Waals surface area contributed by atoms with Gasteiger partial charge in [-0.1, -0.05) is 24.3 Å². The first kappa shape index (κ1) is 24.7. The molecule has 0 unspecified atom stereocenters. The van der Waals surface area contributed by atoms with E-state index in [2.05, 4.69) is 11.1 Å². The molecular formula is C28H31N5O4. The Balaban J connectivity index is 1.27. The molecule has 4 heterocycles. The molecule has 192 valence electrons. The van der Waals surface area contributed by atoms with E-state index in [0.29, 0.717) is 50.0 Å². The van der Waals surface area contributed by atoms with Crippen LogP contribution < -0.4 is 11.2 Å². The van der Waals surface area contributed by atoms with Crippen molar-refractivity contribution in [2.24, 2.45) is 7.05 Å². The minimum absolute atomic E-state index is 0.103. The van der Waals surface area contributed by atoms with E-state index < -0.39 is 11.2 Å². The highest BCUT2D eigenvalue weighted by atomic mass is 16.2. The van der Waals surface area contributed by atoms with Crippen LogP contribution in [0.15, 0.2) is 58.5 Å². The fourth-order valence-corrected chi connectivity index (χ4v) is 5.43. The Labute approximate surface area is 215 Å². The van der Waals surface area contributed by atoms with Crippen molar-refractivity contribution in [3.05, 3.63) is 86.5 Å². The van der Waals surface area contributed by atoms with Crippen LogP contribution in [0.1, 0.15) is 29.5 Å². The Morgan fingerprint density at radius 3 is 2.46 bits per heavy atom. The molecule has 0 spiro atoms. The summed E-state index contributed by atoms with van der Waals surface area (Å²) in [6, 6.07) is 10.0. The topological polar surface area (TPSA) is 97.5 Å². The number of nitrogens with zero attached hydrogens (tertiary/aromatic N) is 5. The smallest absolute Gasteiger partial charge is 0.331 e. The van der Waals surface area contributed by atoms with Gasteiger partial charge in [-0.15, -0.1) is 0 Å². The quantitative estimate of drug-likeness (QED) is 0.540. The van der Waals surface area contributed by atoms with Crippen LogP contribution >= 0.6 is 0 Å². The van der Waals surface area contributed by atoms with E-state index in [1.165, 1.54) is 23.4 Å². The highest BCUT2D eigenvalue weighted by Crippen LogP contribution is 2.23. The number of carbonyl (C=O) groups is 2. The molecule has 9 nitrogen and oxygen atoms in total. The van der Waals surface area contributed by atoms with Gasteiger partial charge in [-0.25, -0.2) is 4.79 Å². The SMILES string of the molecule is Cc1ccncc1-c1cn(CC(=O)N2CCC(N3CCc4ccccc4CC3=O)CC2)c(=O)n(C)c1=O. The highest BCUT2D eigenvalue weighted by Gasteiger charge is 2.31. The first-order valence-electron chi connectivity index (χ1n) is 12.7. The number of pyridine rings is 1. The minimum atomic E-state index is -0.534. The van der Waals surface area contributed by atoms with Crippen molar-refractivity contribution in [2.45, 2.75) is 45.2 Å². The summed E-state index contributed by atoms with van der Waals surface area (Å²) >= 11 is 0. The average Bonchev–Trinajstić information content (AvgIpc) is 3.07. The minimum Gasteiger partial charge on any atom is -0.341 e. The van der Waals surface area contributed by atoms with Crippen molar-refractivity contribution in [2.75, 3.05) is 19.6 Å². The summed E-state index contributed by atoms with van der Waals surface area (Å²) in [4.78, 5) is 59.6. The molecule has 0 saturated carbocycles. The third kappa shape index (κ3) is 4.85. The monoisotopic (exact) mass is 501 g/mol. The first-order chi connectivity index (χ1) is 17.8. The number of hydrogen-bond donors (Lipinski definition) is 0. The molecule has 5 rings (SSSR count). The summed E-state index contributed by atoms with van der Waals surface area (Å²) in [5.41, 5.74) is 3.20. The number of fused-ring (bicyclic) bond motifs is 1. The van der Waals surface area contributed by atoms with Crippen molar-refractivity contribution in [1.29, 1.82) is 0 Å². The molecule has 2 aliphatic heterocycles. The lowest BCUT2D eigenvalue weighted by atomic mass is 10.0. The average molecular weight is 502 g/mol. The number of amides is 2. The van der Waals surface area contributed by atoms with Crippen molar-refractivity contribution < 1.29 is 9.59 Å².